The lowest BCUT2D eigenvalue weighted by Crippen LogP contribution is -2.57. The molecule has 2 aromatic rings. The van der Waals surface area contributed by atoms with Crippen LogP contribution in [0, 0.1) is 0 Å². The number of methoxy groups -OCH3 is 1. The quantitative estimate of drug-likeness (QED) is 0.229. The number of hydrogen-bond donors (Lipinski definition) is 0. The van der Waals surface area contributed by atoms with Crippen molar-refractivity contribution in [3.8, 4) is 0 Å². The summed E-state index contributed by atoms with van der Waals surface area (Å²) in [5, 5.41) is 1.17. The van der Waals surface area contributed by atoms with Gasteiger partial charge in [0.15, 0.2) is 8.32 Å². The molecule has 0 saturated carbocycles. The van der Waals surface area contributed by atoms with Gasteiger partial charge in [-0.2, -0.15) is 0 Å². The Bertz CT molecular complexity index is 1120. The van der Waals surface area contributed by atoms with E-state index in [-0.39, 0.29) is 23.4 Å². The molecule has 0 aromatic heterocycles. The number of amides is 1. The number of ether oxygens (including phenoxy) is 2. The van der Waals surface area contributed by atoms with Crippen molar-refractivity contribution in [3.05, 3.63) is 69.7 Å². The summed E-state index contributed by atoms with van der Waals surface area (Å²) < 4.78 is 17.9. The van der Waals surface area contributed by atoms with Gasteiger partial charge in [-0.05, 0) is 59.9 Å². The summed E-state index contributed by atoms with van der Waals surface area (Å²) >= 11 is 12.6. The second kappa shape index (κ2) is 12.5. The average Bonchev–Trinajstić information content (AvgIpc) is 2.85. The fraction of sp³-hybridized carbons (Fsp3) is 0.517. The second-order valence-corrected chi connectivity index (χ2v) is 16.9. The molecular weight excluding hydrogens is 541 g/mol. The van der Waals surface area contributed by atoms with E-state index in [0.717, 1.165) is 11.1 Å². The molecule has 38 heavy (non-hydrogen) atoms. The van der Waals surface area contributed by atoms with Crippen LogP contribution in [-0.4, -0.2) is 51.0 Å². The van der Waals surface area contributed by atoms with Crippen LogP contribution in [0.5, 0.6) is 0 Å². The first kappa shape index (κ1) is 30.6. The molecule has 1 aliphatic heterocycles. The molecule has 6 nitrogen and oxygen atoms in total. The van der Waals surface area contributed by atoms with Crippen LogP contribution in [0.1, 0.15) is 63.8 Å². The minimum atomic E-state index is -2.09. The van der Waals surface area contributed by atoms with Gasteiger partial charge in [0.2, 0.25) is 0 Å². The molecule has 2 aromatic carbocycles. The first-order chi connectivity index (χ1) is 17.8. The van der Waals surface area contributed by atoms with E-state index >= 15 is 0 Å². The van der Waals surface area contributed by atoms with Crippen LogP contribution in [0.25, 0.3) is 0 Å². The van der Waals surface area contributed by atoms with Crippen molar-refractivity contribution in [1.29, 1.82) is 0 Å². The molecule has 208 valence electrons. The van der Waals surface area contributed by atoms with Crippen molar-refractivity contribution in [2.24, 2.45) is 0 Å². The Labute approximate surface area is 237 Å². The van der Waals surface area contributed by atoms with Crippen molar-refractivity contribution >= 4 is 43.4 Å². The van der Waals surface area contributed by atoms with Gasteiger partial charge in [0.05, 0.1) is 32.2 Å². The zero-order valence-corrected chi connectivity index (χ0v) is 25.8. The zero-order valence-electron chi connectivity index (χ0n) is 23.3. The second-order valence-electron chi connectivity index (χ2n) is 11.3. The SMILES string of the molecule is CC[C@@H](CO[Si](C)(C)C(C)(C)C)N1C(=O)C(CC(=O)OC)O[C@H](c2cccc(Cl)c2)[C@H]1c1ccc(Cl)cc1. The normalized spacial score (nSPS) is 21.3. The molecule has 1 heterocycles. The average molecular weight is 581 g/mol. The van der Waals surface area contributed by atoms with E-state index in [1.807, 2.05) is 54.3 Å². The Kier molecular flexibility index (Phi) is 10.1. The third-order valence-corrected chi connectivity index (χ3v) is 12.7. The maximum absolute atomic E-state index is 14.1. The Morgan fingerprint density at radius 2 is 1.74 bits per heavy atom. The highest BCUT2D eigenvalue weighted by Crippen LogP contribution is 2.45. The summed E-state index contributed by atoms with van der Waals surface area (Å²) in [7, 11) is -0.788. The van der Waals surface area contributed by atoms with Gasteiger partial charge in [-0.25, -0.2) is 0 Å². The molecule has 1 fully saturated rings. The van der Waals surface area contributed by atoms with Crippen LogP contribution in [0.2, 0.25) is 28.2 Å². The van der Waals surface area contributed by atoms with Gasteiger partial charge in [-0.3, -0.25) is 9.59 Å². The van der Waals surface area contributed by atoms with Crippen molar-refractivity contribution in [3.63, 3.8) is 0 Å². The first-order valence-corrected chi connectivity index (χ1v) is 16.6. The molecule has 0 N–H and O–H groups in total. The number of morpholine rings is 1. The Hall–Kier alpha value is -1.90. The summed E-state index contributed by atoms with van der Waals surface area (Å²) in [6.45, 7) is 13.4. The Morgan fingerprint density at radius 1 is 1.08 bits per heavy atom. The van der Waals surface area contributed by atoms with Gasteiger partial charge in [-0.15, -0.1) is 0 Å². The monoisotopic (exact) mass is 579 g/mol. The molecule has 1 saturated heterocycles. The van der Waals surface area contributed by atoms with Crippen LogP contribution < -0.4 is 0 Å². The smallest absolute Gasteiger partial charge is 0.308 e. The van der Waals surface area contributed by atoms with E-state index in [2.05, 4.69) is 33.9 Å². The van der Waals surface area contributed by atoms with E-state index in [1.165, 1.54) is 7.11 Å². The summed E-state index contributed by atoms with van der Waals surface area (Å²) in [5.41, 5.74) is 1.68. The summed E-state index contributed by atoms with van der Waals surface area (Å²) in [5.74, 6) is -0.775. The highest BCUT2D eigenvalue weighted by Gasteiger charge is 2.48. The topological polar surface area (TPSA) is 65.1 Å². The number of hydrogen-bond acceptors (Lipinski definition) is 5. The fourth-order valence-electron chi connectivity index (χ4n) is 4.39. The van der Waals surface area contributed by atoms with Crippen molar-refractivity contribution in [1.82, 2.24) is 4.90 Å². The van der Waals surface area contributed by atoms with Crippen LogP contribution >= 0.6 is 23.2 Å². The maximum Gasteiger partial charge on any atom is 0.308 e. The molecule has 0 aliphatic carbocycles. The molecule has 1 amide bonds. The van der Waals surface area contributed by atoms with E-state index in [9.17, 15) is 9.59 Å². The predicted molar refractivity (Wildman–Crippen MR) is 154 cm³/mol. The third-order valence-electron chi connectivity index (χ3n) is 7.70. The number of benzene rings is 2. The molecule has 9 heteroatoms. The van der Waals surface area contributed by atoms with Crippen molar-refractivity contribution in [2.45, 2.75) is 83.0 Å². The highest BCUT2D eigenvalue weighted by atomic mass is 35.5. The molecule has 4 atom stereocenters. The maximum atomic E-state index is 14.1. The van der Waals surface area contributed by atoms with Gasteiger partial charge in [-0.1, -0.05) is 75.2 Å². The van der Waals surface area contributed by atoms with E-state index in [4.69, 9.17) is 37.1 Å². The lowest BCUT2D eigenvalue weighted by atomic mass is 9.89. The van der Waals surface area contributed by atoms with Gasteiger partial charge in [0.25, 0.3) is 5.91 Å². The third kappa shape index (κ3) is 6.99. The lowest BCUT2D eigenvalue weighted by molar-refractivity contribution is -0.185. The van der Waals surface area contributed by atoms with Gasteiger partial charge < -0.3 is 18.8 Å². The Balaban J connectivity index is 2.13. The van der Waals surface area contributed by atoms with Crippen molar-refractivity contribution in [2.75, 3.05) is 13.7 Å². The van der Waals surface area contributed by atoms with Crippen LogP contribution in [0.4, 0.5) is 0 Å². The van der Waals surface area contributed by atoms with Crippen LogP contribution in [0.15, 0.2) is 48.5 Å². The number of halogens is 2. The minimum Gasteiger partial charge on any atom is -0.469 e. The standard InChI is InChI=1S/C29H39Cl2NO5Si/c1-8-23(18-36-38(6,7)29(2,3)4)32-26(19-12-14-21(30)15-13-19)27(20-10-9-11-22(31)16-20)37-24(28(32)34)17-25(33)35-5/h9-16,23-24,26-27H,8,17-18H2,1-7H3/t23-,24?,26+,27+/m0/s1. The predicted octanol–water partition coefficient (Wildman–Crippen LogP) is 7.37. The number of rotatable bonds is 9. The molecule has 1 unspecified atom stereocenters. The summed E-state index contributed by atoms with van der Waals surface area (Å²) in [6, 6.07) is 14.1. The van der Waals surface area contributed by atoms with Gasteiger partial charge >= 0.3 is 5.97 Å². The lowest BCUT2D eigenvalue weighted by Gasteiger charge is -2.48. The number of esters is 1. The first-order valence-electron chi connectivity index (χ1n) is 13.0. The number of nitrogens with zero attached hydrogens (tertiary/aromatic N) is 1. The van der Waals surface area contributed by atoms with E-state index in [0.29, 0.717) is 23.1 Å². The zero-order chi connectivity index (χ0) is 28.3. The molecule has 3 rings (SSSR count). The van der Waals surface area contributed by atoms with E-state index in [1.54, 1.807) is 6.07 Å². The minimum absolute atomic E-state index is 0.0205. The van der Waals surface area contributed by atoms with Crippen LogP contribution in [0.3, 0.4) is 0 Å². The molecule has 1 aliphatic rings. The van der Waals surface area contributed by atoms with Crippen LogP contribution in [-0.2, 0) is 23.5 Å². The molecule has 0 radical (unpaired) electrons. The number of carbonyl (C=O) groups is 2. The van der Waals surface area contributed by atoms with Gasteiger partial charge in [0.1, 0.15) is 12.2 Å². The highest BCUT2D eigenvalue weighted by molar-refractivity contribution is 6.74. The van der Waals surface area contributed by atoms with Gasteiger partial charge in [0, 0.05) is 10.0 Å². The largest absolute Gasteiger partial charge is 0.469 e. The molecular formula is C29H39Cl2NO5Si. The number of carbonyl (C=O) groups excluding carboxylic acids is 2. The molecule has 0 bridgehead atoms. The van der Waals surface area contributed by atoms with Crippen molar-refractivity contribution < 1.29 is 23.5 Å². The Morgan fingerprint density at radius 3 is 2.29 bits per heavy atom. The summed E-state index contributed by atoms with van der Waals surface area (Å²) in [4.78, 5) is 28.2. The van der Waals surface area contributed by atoms with E-state index < -0.39 is 32.5 Å². The summed E-state index contributed by atoms with van der Waals surface area (Å²) in [6.07, 6.45) is -1.10. The fourth-order valence-corrected chi connectivity index (χ4v) is 5.76. The molecule has 0 spiro atoms.